The molecule has 2 aliphatic heterocycles. The lowest BCUT2D eigenvalue weighted by atomic mass is 9.82. The van der Waals surface area contributed by atoms with Gasteiger partial charge in [-0.25, -0.2) is 4.79 Å². The van der Waals surface area contributed by atoms with Gasteiger partial charge in [-0.05, 0) is 56.7 Å². The number of carbonyl (C=O) groups excluding carboxylic acids is 1. The highest BCUT2D eigenvalue weighted by molar-refractivity contribution is 5.70. The standard InChI is InChI=1S/C23H32N2O2/c26-23-25(22(18-27-23)17-24-13-7-2-8-14-24)16-21-12-6-5-11-20(21)15-19-9-3-1-4-10-19/h1,3-4,9-10,15,21-22H,2,5-8,11-14,16-18H2/b20-15+. The molecule has 0 spiro atoms. The fourth-order valence-electron chi connectivity index (χ4n) is 4.81. The Morgan fingerprint density at radius 3 is 2.63 bits per heavy atom. The number of piperidine rings is 1. The largest absolute Gasteiger partial charge is 0.447 e. The van der Waals surface area contributed by atoms with Crippen LogP contribution < -0.4 is 0 Å². The van der Waals surface area contributed by atoms with Crippen molar-refractivity contribution in [3.63, 3.8) is 0 Å². The van der Waals surface area contributed by atoms with E-state index in [1.165, 1.54) is 62.8 Å². The fourth-order valence-corrected chi connectivity index (χ4v) is 4.81. The molecule has 4 nitrogen and oxygen atoms in total. The van der Waals surface area contributed by atoms with Crippen molar-refractivity contribution in [3.8, 4) is 0 Å². The van der Waals surface area contributed by atoms with Crippen molar-refractivity contribution in [1.82, 2.24) is 9.80 Å². The van der Waals surface area contributed by atoms with E-state index in [2.05, 4.69) is 41.3 Å². The molecular weight excluding hydrogens is 336 g/mol. The number of cyclic esters (lactones) is 1. The van der Waals surface area contributed by atoms with Gasteiger partial charge in [0.2, 0.25) is 0 Å². The molecule has 2 saturated heterocycles. The van der Waals surface area contributed by atoms with Crippen LogP contribution in [0.4, 0.5) is 4.79 Å². The van der Waals surface area contributed by atoms with Crippen LogP contribution in [0.2, 0.25) is 0 Å². The van der Waals surface area contributed by atoms with Crippen LogP contribution in [-0.4, -0.2) is 54.7 Å². The van der Waals surface area contributed by atoms with Crippen LogP contribution in [-0.2, 0) is 4.74 Å². The van der Waals surface area contributed by atoms with Gasteiger partial charge in [0.25, 0.3) is 0 Å². The quantitative estimate of drug-likeness (QED) is 0.763. The first-order valence-electron chi connectivity index (χ1n) is 10.7. The predicted molar refractivity (Wildman–Crippen MR) is 109 cm³/mol. The zero-order valence-electron chi connectivity index (χ0n) is 16.3. The van der Waals surface area contributed by atoms with E-state index in [9.17, 15) is 4.79 Å². The van der Waals surface area contributed by atoms with Crippen molar-refractivity contribution in [2.24, 2.45) is 5.92 Å². The second-order valence-corrected chi connectivity index (χ2v) is 8.32. The molecule has 0 aromatic heterocycles. The molecule has 2 heterocycles. The minimum absolute atomic E-state index is 0.110. The molecule has 146 valence electrons. The van der Waals surface area contributed by atoms with Gasteiger partial charge in [-0.3, -0.25) is 4.90 Å². The fraction of sp³-hybridized carbons (Fsp3) is 0.609. The Morgan fingerprint density at radius 1 is 1.00 bits per heavy atom. The summed E-state index contributed by atoms with van der Waals surface area (Å²) >= 11 is 0. The molecule has 0 N–H and O–H groups in total. The van der Waals surface area contributed by atoms with Crippen LogP contribution in [0.3, 0.4) is 0 Å². The van der Waals surface area contributed by atoms with Crippen LogP contribution in [0.25, 0.3) is 6.08 Å². The minimum Gasteiger partial charge on any atom is -0.447 e. The summed E-state index contributed by atoms with van der Waals surface area (Å²) in [7, 11) is 0. The van der Waals surface area contributed by atoms with E-state index in [-0.39, 0.29) is 12.1 Å². The maximum absolute atomic E-state index is 12.4. The summed E-state index contributed by atoms with van der Waals surface area (Å²) in [6.07, 6.45) is 11.0. The number of hydrogen-bond acceptors (Lipinski definition) is 3. The molecule has 1 aliphatic carbocycles. The molecule has 2 atom stereocenters. The van der Waals surface area contributed by atoms with E-state index < -0.39 is 0 Å². The SMILES string of the molecule is O=C1OCC(CN2CCCCC2)N1CC1CCCC/C1=C\c1ccccc1. The molecule has 3 aliphatic rings. The summed E-state index contributed by atoms with van der Waals surface area (Å²) in [5.41, 5.74) is 2.78. The number of nitrogens with zero attached hydrogens (tertiary/aromatic N) is 2. The highest BCUT2D eigenvalue weighted by Gasteiger charge is 2.36. The lowest BCUT2D eigenvalue weighted by Crippen LogP contribution is -2.46. The van der Waals surface area contributed by atoms with Crippen LogP contribution >= 0.6 is 0 Å². The molecule has 1 saturated carbocycles. The van der Waals surface area contributed by atoms with E-state index in [4.69, 9.17) is 4.74 Å². The molecule has 27 heavy (non-hydrogen) atoms. The second kappa shape index (κ2) is 8.92. The third-order valence-electron chi connectivity index (χ3n) is 6.35. The average Bonchev–Trinajstić information content (AvgIpc) is 3.04. The normalized spacial score (nSPS) is 28.5. The average molecular weight is 369 g/mol. The van der Waals surface area contributed by atoms with E-state index in [0.717, 1.165) is 19.5 Å². The van der Waals surface area contributed by atoms with Crippen LogP contribution in [0.5, 0.6) is 0 Å². The zero-order valence-corrected chi connectivity index (χ0v) is 16.3. The van der Waals surface area contributed by atoms with Gasteiger partial charge in [0.15, 0.2) is 0 Å². The highest BCUT2D eigenvalue weighted by Crippen LogP contribution is 2.33. The Morgan fingerprint density at radius 2 is 1.81 bits per heavy atom. The van der Waals surface area contributed by atoms with Crippen molar-refractivity contribution >= 4 is 12.2 Å². The highest BCUT2D eigenvalue weighted by atomic mass is 16.6. The van der Waals surface area contributed by atoms with Gasteiger partial charge in [-0.2, -0.15) is 0 Å². The molecule has 4 heteroatoms. The summed E-state index contributed by atoms with van der Waals surface area (Å²) < 4.78 is 5.46. The number of likely N-dealkylation sites (tertiary alicyclic amines) is 1. The maximum Gasteiger partial charge on any atom is 0.410 e. The third kappa shape index (κ3) is 4.73. The van der Waals surface area contributed by atoms with E-state index in [0.29, 0.717) is 12.5 Å². The van der Waals surface area contributed by atoms with Crippen molar-refractivity contribution in [1.29, 1.82) is 0 Å². The van der Waals surface area contributed by atoms with E-state index in [1.807, 2.05) is 4.90 Å². The van der Waals surface area contributed by atoms with Crippen LogP contribution in [0, 0.1) is 5.92 Å². The molecule has 1 amide bonds. The van der Waals surface area contributed by atoms with Crippen molar-refractivity contribution in [2.75, 3.05) is 32.8 Å². The first-order valence-corrected chi connectivity index (χ1v) is 10.7. The first kappa shape index (κ1) is 18.5. The molecule has 1 aromatic rings. The number of hydrogen-bond donors (Lipinski definition) is 0. The Bertz CT molecular complexity index is 652. The zero-order chi connectivity index (χ0) is 18.5. The lowest BCUT2D eigenvalue weighted by molar-refractivity contribution is 0.144. The minimum atomic E-state index is -0.110. The van der Waals surface area contributed by atoms with Gasteiger partial charge in [0, 0.05) is 13.1 Å². The van der Waals surface area contributed by atoms with Crippen molar-refractivity contribution in [2.45, 2.75) is 51.0 Å². The monoisotopic (exact) mass is 368 g/mol. The maximum atomic E-state index is 12.4. The lowest BCUT2D eigenvalue weighted by Gasteiger charge is -2.34. The summed E-state index contributed by atoms with van der Waals surface area (Å²) in [4.78, 5) is 17.0. The van der Waals surface area contributed by atoms with Gasteiger partial charge >= 0.3 is 6.09 Å². The van der Waals surface area contributed by atoms with Gasteiger partial charge in [0.05, 0.1) is 6.04 Å². The number of rotatable bonds is 5. The third-order valence-corrected chi connectivity index (χ3v) is 6.35. The number of benzene rings is 1. The summed E-state index contributed by atoms with van der Waals surface area (Å²) in [5.74, 6) is 0.466. The number of amides is 1. The van der Waals surface area contributed by atoms with Crippen molar-refractivity contribution < 1.29 is 9.53 Å². The molecule has 2 unspecified atom stereocenters. The first-order chi connectivity index (χ1) is 13.3. The Labute approximate surface area is 163 Å². The molecule has 4 rings (SSSR count). The van der Waals surface area contributed by atoms with Gasteiger partial charge in [-0.15, -0.1) is 0 Å². The second-order valence-electron chi connectivity index (χ2n) is 8.32. The number of carbonyl (C=O) groups is 1. The molecule has 0 bridgehead atoms. The van der Waals surface area contributed by atoms with E-state index in [1.54, 1.807) is 0 Å². The van der Waals surface area contributed by atoms with Gasteiger partial charge in [0.1, 0.15) is 6.61 Å². The predicted octanol–water partition coefficient (Wildman–Crippen LogP) is 4.57. The Kier molecular flexibility index (Phi) is 6.13. The molecule has 3 fully saturated rings. The Balaban J connectivity index is 1.44. The molecule has 1 aromatic carbocycles. The van der Waals surface area contributed by atoms with E-state index >= 15 is 0 Å². The smallest absolute Gasteiger partial charge is 0.410 e. The Hall–Kier alpha value is -1.81. The van der Waals surface area contributed by atoms with Gasteiger partial charge in [-0.1, -0.05) is 54.8 Å². The molecule has 0 radical (unpaired) electrons. The topological polar surface area (TPSA) is 32.8 Å². The number of ether oxygens (including phenoxy) is 1. The van der Waals surface area contributed by atoms with Crippen molar-refractivity contribution in [3.05, 3.63) is 41.5 Å². The summed E-state index contributed by atoms with van der Waals surface area (Å²) in [5, 5.41) is 0. The molecular formula is C23H32N2O2. The van der Waals surface area contributed by atoms with Crippen LogP contribution in [0.1, 0.15) is 50.5 Å². The van der Waals surface area contributed by atoms with Crippen LogP contribution in [0.15, 0.2) is 35.9 Å². The summed E-state index contributed by atoms with van der Waals surface area (Å²) in [6.45, 7) is 4.67. The summed E-state index contributed by atoms with van der Waals surface area (Å²) in [6, 6.07) is 10.8. The van der Waals surface area contributed by atoms with Gasteiger partial charge < -0.3 is 9.64 Å².